The summed E-state index contributed by atoms with van der Waals surface area (Å²) in [4.78, 5) is 24.8. The Morgan fingerprint density at radius 1 is 0.657 bits per heavy atom. The van der Waals surface area contributed by atoms with Gasteiger partial charge in [-0.3, -0.25) is 4.79 Å². The van der Waals surface area contributed by atoms with E-state index in [1.807, 2.05) is 72.8 Å². The van der Waals surface area contributed by atoms with Crippen molar-refractivity contribution in [1.82, 2.24) is 15.0 Å². The lowest BCUT2D eigenvalue weighted by Gasteiger charge is -2.10. The molecule has 1 heterocycles. The summed E-state index contributed by atoms with van der Waals surface area (Å²) < 4.78 is 16.2. The van der Waals surface area contributed by atoms with Crippen LogP contribution in [0.5, 0.6) is 17.2 Å². The lowest BCUT2D eigenvalue weighted by molar-refractivity contribution is -0.137. The molecule has 1 N–H and O–H groups in total. The number of benzene rings is 3. The van der Waals surface area contributed by atoms with Crippen LogP contribution in [0.2, 0.25) is 0 Å². The van der Waals surface area contributed by atoms with Crippen molar-refractivity contribution in [2.45, 2.75) is 12.8 Å². The van der Waals surface area contributed by atoms with Crippen LogP contribution in [0.1, 0.15) is 12.8 Å². The smallest absolute Gasteiger partial charge is 0.303 e. The highest BCUT2D eigenvalue weighted by Gasteiger charge is 2.13. The van der Waals surface area contributed by atoms with Gasteiger partial charge in [0.2, 0.25) is 0 Å². The van der Waals surface area contributed by atoms with Gasteiger partial charge in [0.05, 0.1) is 20.8 Å². The Morgan fingerprint density at radius 3 is 1.37 bits per heavy atom. The minimum Gasteiger partial charge on any atom is -0.497 e. The van der Waals surface area contributed by atoms with E-state index in [9.17, 15) is 4.79 Å². The Hall–Kier alpha value is -4.46. The van der Waals surface area contributed by atoms with Crippen LogP contribution in [-0.4, -0.2) is 46.9 Å². The second-order valence-corrected chi connectivity index (χ2v) is 7.63. The van der Waals surface area contributed by atoms with Crippen molar-refractivity contribution < 1.29 is 24.1 Å². The van der Waals surface area contributed by atoms with Gasteiger partial charge < -0.3 is 19.3 Å². The summed E-state index contributed by atoms with van der Waals surface area (Å²) in [5.74, 6) is 2.91. The van der Waals surface area contributed by atoms with Crippen molar-refractivity contribution in [3.05, 3.63) is 72.8 Å². The monoisotopic (exact) mass is 471 g/mol. The van der Waals surface area contributed by atoms with E-state index in [1.165, 1.54) is 0 Å². The maximum absolute atomic E-state index is 10.6. The zero-order chi connectivity index (χ0) is 24.6. The standard InChI is InChI=1S/C27H25N3O5/c1-33-21-11-5-18(6-12-21)25-28-26(19-7-13-22(34-2)14-8-19)30-27(29-25)20-9-15-23(16-10-20)35-17-3-4-24(31)32/h5-16H,3-4,17H2,1-2H3,(H,31,32). The molecule has 4 rings (SSSR count). The Kier molecular flexibility index (Phi) is 7.52. The van der Waals surface area contributed by atoms with Crippen molar-refractivity contribution in [3.63, 3.8) is 0 Å². The fourth-order valence-electron chi connectivity index (χ4n) is 3.36. The van der Waals surface area contributed by atoms with Gasteiger partial charge in [0.25, 0.3) is 0 Å². The third-order valence-corrected chi connectivity index (χ3v) is 5.25. The van der Waals surface area contributed by atoms with Crippen LogP contribution >= 0.6 is 0 Å². The number of hydrogen-bond donors (Lipinski definition) is 1. The molecule has 0 aliphatic carbocycles. The van der Waals surface area contributed by atoms with Gasteiger partial charge in [-0.2, -0.15) is 0 Å². The van der Waals surface area contributed by atoms with E-state index in [4.69, 9.17) is 34.3 Å². The van der Waals surface area contributed by atoms with E-state index < -0.39 is 5.97 Å². The van der Waals surface area contributed by atoms with Crippen LogP contribution in [0, 0.1) is 0 Å². The molecule has 1 aromatic heterocycles. The lowest BCUT2D eigenvalue weighted by Crippen LogP contribution is -2.02. The number of carboxylic acid groups (broad SMARTS) is 1. The van der Waals surface area contributed by atoms with Gasteiger partial charge >= 0.3 is 5.97 Å². The van der Waals surface area contributed by atoms with E-state index >= 15 is 0 Å². The molecule has 0 atom stereocenters. The highest BCUT2D eigenvalue weighted by Crippen LogP contribution is 2.27. The summed E-state index contributed by atoms with van der Waals surface area (Å²) >= 11 is 0. The maximum atomic E-state index is 10.6. The molecular weight excluding hydrogens is 446 g/mol. The molecular formula is C27H25N3O5. The number of nitrogens with zero attached hydrogens (tertiary/aromatic N) is 3. The predicted molar refractivity (Wildman–Crippen MR) is 132 cm³/mol. The molecule has 0 amide bonds. The normalized spacial score (nSPS) is 10.6. The third-order valence-electron chi connectivity index (χ3n) is 5.25. The molecule has 0 fully saturated rings. The Morgan fingerprint density at radius 2 is 1.03 bits per heavy atom. The minimum atomic E-state index is -0.834. The number of ether oxygens (including phenoxy) is 3. The highest BCUT2D eigenvalue weighted by atomic mass is 16.5. The van der Waals surface area contributed by atoms with Crippen LogP contribution in [0.3, 0.4) is 0 Å². The molecule has 3 aromatic carbocycles. The molecule has 0 aliphatic heterocycles. The zero-order valence-electron chi connectivity index (χ0n) is 19.5. The first kappa shape index (κ1) is 23.7. The molecule has 0 radical (unpaired) electrons. The fourth-order valence-corrected chi connectivity index (χ4v) is 3.36. The van der Waals surface area contributed by atoms with Crippen LogP contribution in [0.15, 0.2) is 72.8 Å². The maximum Gasteiger partial charge on any atom is 0.303 e. The second kappa shape index (κ2) is 11.1. The van der Waals surface area contributed by atoms with Gasteiger partial charge in [-0.1, -0.05) is 0 Å². The SMILES string of the molecule is COc1ccc(-c2nc(-c3ccc(OC)cc3)nc(-c3ccc(OCCCC(=O)O)cc3)n2)cc1. The van der Waals surface area contributed by atoms with E-state index in [-0.39, 0.29) is 6.42 Å². The Bertz CT molecular complexity index is 1210. The molecule has 0 saturated heterocycles. The van der Waals surface area contributed by atoms with Gasteiger partial charge in [-0.15, -0.1) is 0 Å². The van der Waals surface area contributed by atoms with Gasteiger partial charge in [0, 0.05) is 23.1 Å². The fraction of sp³-hybridized carbons (Fsp3) is 0.185. The average Bonchev–Trinajstić information content (AvgIpc) is 2.91. The Balaban J connectivity index is 1.66. The average molecular weight is 472 g/mol. The number of rotatable bonds is 10. The first-order valence-electron chi connectivity index (χ1n) is 11.1. The number of carboxylic acids is 1. The molecule has 0 spiro atoms. The molecule has 0 saturated carbocycles. The van der Waals surface area contributed by atoms with Crippen LogP contribution in [0.25, 0.3) is 34.2 Å². The van der Waals surface area contributed by atoms with Gasteiger partial charge in [0.15, 0.2) is 17.5 Å². The molecule has 8 heteroatoms. The summed E-state index contributed by atoms with van der Waals surface area (Å²) in [6, 6.07) is 22.5. The zero-order valence-corrected chi connectivity index (χ0v) is 19.5. The van der Waals surface area contributed by atoms with Crippen LogP contribution in [0.4, 0.5) is 0 Å². The number of methoxy groups -OCH3 is 2. The molecule has 0 aliphatic rings. The molecule has 8 nitrogen and oxygen atoms in total. The first-order valence-corrected chi connectivity index (χ1v) is 11.1. The van der Waals surface area contributed by atoms with E-state index in [2.05, 4.69) is 0 Å². The number of hydrogen-bond acceptors (Lipinski definition) is 7. The van der Waals surface area contributed by atoms with Gasteiger partial charge in [0.1, 0.15) is 17.2 Å². The van der Waals surface area contributed by atoms with Gasteiger partial charge in [-0.25, -0.2) is 15.0 Å². The predicted octanol–water partition coefficient (Wildman–Crippen LogP) is 5.13. The van der Waals surface area contributed by atoms with Gasteiger partial charge in [-0.05, 0) is 79.2 Å². The highest BCUT2D eigenvalue weighted by molar-refractivity contribution is 5.67. The molecule has 35 heavy (non-hydrogen) atoms. The summed E-state index contributed by atoms with van der Waals surface area (Å²) in [6.45, 7) is 0.334. The number of carbonyl (C=O) groups is 1. The summed E-state index contributed by atoms with van der Waals surface area (Å²) in [6.07, 6.45) is 0.520. The van der Waals surface area contributed by atoms with Crippen molar-refractivity contribution in [2.75, 3.05) is 20.8 Å². The summed E-state index contributed by atoms with van der Waals surface area (Å²) in [7, 11) is 3.24. The summed E-state index contributed by atoms with van der Waals surface area (Å²) in [5.41, 5.74) is 2.47. The van der Waals surface area contributed by atoms with Crippen LogP contribution < -0.4 is 14.2 Å². The van der Waals surface area contributed by atoms with Crippen molar-refractivity contribution in [1.29, 1.82) is 0 Å². The molecule has 0 bridgehead atoms. The van der Waals surface area contributed by atoms with E-state index in [1.54, 1.807) is 14.2 Å². The minimum absolute atomic E-state index is 0.0746. The molecule has 0 unspecified atom stereocenters. The van der Waals surface area contributed by atoms with Crippen LogP contribution in [-0.2, 0) is 4.79 Å². The van der Waals surface area contributed by atoms with E-state index in [0.29, 0.717) is 36.3 Å². The van der Waals surface area contributed by atoms with Crippen molar-refractivity contribution >= 4 is 5.97 Å². The number of aliphatic carboxylic acids is 1. The second-order valence-electron chi connectivity index (χ2n) is 7.63. The first-order chi connectivity index (χ1) is 17.1. The lowest BCUT2D eigenvalue weighted by atomic mass is 10.1. The molecule has 4 aromatic rings. The summed E-state index contributed by atoms with van der Waals surface area (Å²) in [5, 5.41) is 8.75. The van der Waals surface area contributed by atoms with E-state index in [0.717, 1.165) is 28.2 Å². The Labute approximate surface area is 203 Å². The largest absolute Gasteiger partial charge is 0.497 e. The van der Waals surface area contributed by atoms with Crippen molar-refractivity contribution in [2.24, 2.45) is 0 Å². The molecule has 178 valence electrons. The van der Waals surface area contributed by atoms with Crippen molar-refractivity contribution in [3.8, 4) is 51.4 Å². The topological polar surface area (TPSA) is 104 Å². The third kappa shape index (κ3) is 6.11. The quantitative estimate of drug-likeness (QED) is 0.317. The number of aromatic nitrogens is 3.